The topological polar surface area (TPSA) is 70.2 Å². The number of carbonyl (C=O) groups is 1. The maximum atomic E-state index is 12.9. The highest BCUT2D eigenvalue weighted by Gasteiger charge is 2.31. The first-order valence-corrected chi connectivity index (χ1v) is 10.3. The predicted octanol–water partition coefficient (Wildman–Crippen LogP) is 3.90. The fourth-order valence-electron chi connectivity index (χ4n) is 3.72. The quantitative estimate of drug-likeness (QED) is 0.605. The summed E-state index contributed by atoms with van der Waals surface area (Å²) in [6.45, 7) is 2.57. The summed E-state index contributed by atoms with van der Waals surface area (Å²) in [5, 5.41) is 9.84. The minimum absolute atomic E-state index is 0.240. The number of ether oxygens (including phenoxy) is 1. The van der Waals surface area contributed by atoms with Crippen LogP contribution in [-0.4, -0.2) is 53.9 Å². The molecule has 1 fully saturated rings. The molecule has 6 nitrogen and oxygen atoms in total. The van der Waals surface area contributed by atoms with E-state index in [0.717, 1.165) is 17.7 Å². The van der Waals surface area contributed by atoms with E-state index in [4.69, 9.17) is 4.74 Å². The molecule has 1 aliphatic rings. The first-order chi connectivity index (χ1) is 15.4. The summed E-state index contributed by atoms with van der Waals surface area (Å²) in [5.74, 6) is -0.329. The van der Waals surface area contributed by atoms with Crippen LogP contribution in [0.4, 0.5) is 13.2 Å². The van der Waals surface area contributed by atoms with Crippen LogP contribution in [0.3, 0.4) is 0 Å². The van der Waals surface area contributed by atoms with Gasteiger partial charge in [-0.25, -0.2) is 0 Å². The molecule has 1 aliphatic heterocycles. The molecule has 0 saturated carbocycles. The second-order valence-corrected chi connectivity index (χ2v) is 7.53. The van der Waals surface area contributed by atoms with E-state index in [1.165, 1.54) is 12.1 Å². The van der Waals surface area contributed by atoms with Gasteiger partial charge in [-0.05, 0) is 23.8 Å². The van der Waals surface area contributed by atoms with Gasteiger partial charge in [0.15, 0.2) is 0 Å². The largest absolute Gasteiger partial charge is 0.416 e. The summed E-state index contributed by atoms with van der Waals surface area (Å²) < 4.78 is 44.2. The van der Waals surface area contributed by atoms with Gasteiger partial charge in [-0.15, -0.1) is 0 Å². The third kappa shape index (κ3) is 5.17. The Morgan fingerprint density at radius 2 is 1.78 bits per heavy atom. The van der Waals surface area contributed by atoms with Crippen LogP contribution >= 0.6 is 0 Å². The van der Waals surface area contributed by atoms with Crippen molar-refractivity contribution < 1.29 is 22.7 Å². The van der Waals surface area contributed by atoms with Gasteiger partial charge in [0.1, 0.15) is 5.69 Å². The number of nitrogens with zero attached hydrogens (tertiary/aromatic N) is 2. The van der Waals surface area contributed by atoms with E-state index in [-0.39, 0.29) is 18.5 Å². The molecule has 0 radical (unpaired) electrons. The predicted molar refractivity (Wildman–Crippen MR) is 113 cm³/mol. The highest BCUT2D eigenvalue weighted by Crippen LogP contribution is 2.31. The number of alkyl halides is 3. The summed E-state index contributed by atoms with van der Waals surface area (Å²) >= 11 is 0. The average molecular weight is 444 g/mol. The van der Waals surface area contributed by atoms with Crippen LogP contribution in [0, 0.1) is 0 Å². The molecule has 0 bridgehead atoms. The van der Waals surface area contributed by atoms with Gasteiger partial charge >= 0.3 is 6.18 Å². The van der Waals surface area contributed by atoms with Crippen molar-refractivity contribution in [2.24, 2.45) is 0 Å². The van der Waals surface area contributed by atoms with Crippen molar-refractivity contribution in [3.05, 3.63) is 77.5 Å². The number of benzene rings is 2. The van der Waals surface area contributed by atoms with Gasteiger partial charge < -0.3 is 10.1 Å². The molecule has 1 atom stereocenters. The highest BCUT2D eigenvalue weighted by molar-refractivity contribution is 5.93. The minimum atomic E-state index is -4.39. The number of amides is 1. The van der Waals surface area contributed by atoms with E-state index < -0.39 is 11.7 Å². The number of H-pyrrole nitrogens is 1. The Kier molecular flexibility index (Phi) is 6.57. The lowest BCUT2D eigenvalue weighted by Crippen LogP contribution is -2.43. The van der Waals surface area contributed by atoms with E-state index in [0.29, 0.717) is 43.3 Å². The average Bonchev–Trinajstić information content (AvgIpc) is 3.31. The lowest BCUT2D eigenvalue weighted by molar-refractivity contribution is -0.137. The standard InChI is InChI=1S/C23H23F3N4O2/c24-23(25,26)18-8-6-17(7-9-18)21(30-10-12-32-13-11-30)15-27-22(31)20-14-19(28-29-20)16-4-2-1-3-5-16/h1-9,14,21H,10-13,15H2,(H,27,31)(H,28,29). The number of hydrogen-bond donors (Lipinski definition) is 2. The SMILES string of the molecule is O=C(NCC(c1ccc(C(F)(F)F)cc1)N1CCOCC1)c1cc(-c2ccccc2)n[nH]1. The molecule has 2 N–H and O–H groups in total. The second kappa shape index (κ2) is 9.54. The monoisotopic (exact) mass is 444 g/mol. The van der Waals surface area contributed by atoms with Crippen LogP contribution in [0.15, 0.2) is 60.7 Å². The summed E-state index contributed by atoms with van der Waals surface area (Å²) in [6, 6.07) is 16.0. The Morgan fingerprint density at radius 1 is 1.09 bits per heavy atom. The zero-order valence-corrected chi connectivity index (χ0v) is 17.2. The zero-order valence-electron chi connectivity index (χ0n) is 17.2. The summed E-state index contributed by atoms with van der Waals surface area (Å²) in [4.78, 5) is 14.8. The van der Waals surface area contributed by atoms with Crippen molar-refractivity contribution in [2.75, 3.05) is 32.8 Å². The number of carbonyl (C=O) groups excluding carboxylic acids is 1. The van der Waals surface area contributed by atoms with Crippen LogP contribution in [0.2, 0.25) is 0 Å². The Balaban J connectivity index is 1.48. The van der Waals surface area contributed by atoms with Crippen LogP contribution < -0.4 is 5.32 Å². The molecule has 0 aliphatic carbocycles. The lowest BCUT2D eigenvalue weighted by atomic mass is 10.0. The van der Waals surface area contributed by atoms with Crippen molar-refractivity contribution in [3.63, 3.8) is 0 Å². The Labute approximate surface area is 183 Å². The molecule has 0 spiro atoms. The second-order valence-electron chi connectivity index (χ2n) is 7.53. The van der Waals surface area contributed by atoms with Crippen molar-refractivity contribution >= 4 is 5.91 Å². The number of hydrogen-bond acceptors (Lipinski definition) is 4. The van der Waals surface area contributed by atoms with Gasteiger partial charge in [0.2, 0.25) is 0 Å². The van der Waals surface area contributed by atoms with Crippen molar-refractivity contribution in [1.82, 2.24) is 20.4 Å². The maximum Gasteiger partial charge on any atom is 0.416 e. The van der Waals surface area contributed by atoms with Crippen molar-refractivity contribution in [2.45, 2.75) is 12.2 Å². The zero-order chi connectivity index (χ0) is 22.6. The fourth-order valence-corrected chi connectivity index (χ4v) is 3.72. The number of aromatic nitrogens is 2. The Hall–Kier alpha value is -3.17. The van der Waals surface area contributed by atoms with Crippen LogP contribution in [0.5, 0.6) is 0 Å². The third-order valence-electron chi connectivity index (χ3n) is 5.46. The molecule has 1 amide bonds. The van der Waals surface area contributed by atoms with Gasteiger partial charge in [-0.3, -0.25) is 14.8 Å². The number of aromatic amines is 1. The van der Waals surface area contributed by atoms with Gasteiger partial charge in [0.05, 0.1) is 30.5 Å². The lowest BCUT2D eigenvalue weighted by Gasteiger charge is -2.35. The molecule has 9 heteroatoms. The third-order valence-corrected chi connectivity index (χ3v) is 5.46. The first-order valence-electron chi connectivity index (χ1n) is 10.3. The molecular weight excluding hydrogens is 421 g/mol. The van der Waals surface area contributed by atoms with E-state index in [1.807, 2.05) is 30.3 Å². The van der Waals surface area contributed by atoms with E-state index >= 15 is 0 Å². The molecular formula is C23H23F3N4O2. The molecule has 2 heterocycles. The van der Waals surface area contributed by atoms with E-state index in [9.17, 15) is 18.0 Å². The molecule has 168 valence electrons. The highest BCUT2D eigenvalue weighted by atomic mass is 19.4. The molecule has 32 heavy (non-hydrogen) atoms. The number of halogens is 3. The van der Waals surface area contributed by atoms with Crippen LogP contribution in [0.1, 0.15) is 27.7 Å². The van der Waals surface area contributed by atoms with Crippen LogP contribution in [-0.2, 0) is 10.9 Å². The van der Waals surface area contributed by atoms with E-state index in [1.54, 1.807) is 6.07 Å². The summed E-state index contributed by atoms with van der Waals surface area (Å²) in [5.41, 5.74) is 1.87. The maximum absolute atomic E-state index is 12.9. The minimum Gasteiger partial charge on any atom is -0.379 e. The number of morpholine rings is 1. The van der Waals surface area contributed by atoms with Crippen molar-refractivity contribution in [1.29, 1.82) is 0 Å². The molecule has 3 aromatic rings. The summed E-state index contributed by atoms with van der Waals surface area (Å²) in [6.07, 6.45) is -4.39. The Bertz CT molecular complexity index is 1030. The van der Waals surface area contributed by atoms with Gasteiger partial charge in [0, 0.05) is 25.2 Å². The van der Waals surface area contributed by atoms with Gasteiger partial charge in [-0.2, -0.15) is 18.3 Å². The van der Waals surface area contributed by atoms with Crippen molar-refractivity contribution in [3.8, 4) is 11.3 Å². The van der Waals surface area contributed by atoms with E-state index in [2.05, 4.69) is 20.4 Å². The molecule has 1 unspecified atom stereocenters. The number of rotatable bonds is 6. The Morgan fingerprint density at radius 3 is 2.44 bits per heavy atom. The molecule has 4 rings (SSSR count). The smallest absolute Gasteiger partial charge is 0.379 e. The molecule has 1 aromatic heterocycles. The fraction of sp³-hybridized carbons (Fsp3) is 0.304. The molecule has 1 saturated heterocycles. The first kappa shape index (κ1) is 22.0. The summed E-state index contributed by atoms with van der Waals surface area (Å²) in [7, 11) is 0. The van der Waals surface area contributed by atoms with Crippen LogP contribution in [0.25, 0.3) is 11.3 Å². The number of nitrogens with one attached hydrogen (secondary N) is 2. The normalized spacial score (nSPS) is 16.0. The van der Waals surface area contributed by atoms with Gasteiger partial charge in [0.25, 0.3) is 5.91 Å². The van der Waals surface area contributed by atoms with Gasteiger partial charge in [-0.1, -0.05) is 42.5 Å². The molecule has 2 aromatic carbocycles.